The van der Waals surface area contributed by atoms with Crippen LogP contribution in [0.1, 0.15) is 12.8 Å². The van der Waals surface area contributed by atoms with Gasteiger partial charge in [-0.25, -0.2) is 13.8 Å². The first-order chi connectivity index (χ1) is 14.5. The molecule has 1 aromatic heterocycles. The second kappa shape index (κ2) is 9.49. The summed E-state index contributed by atoms with van der Waals surface area (Å²) in [6.07, 6.45) is 1.33. The van der Waals surface area contributed by atoms with E-state index in [0.717, 1.165) is 28.2 Å². The maximum atomic E-state index is 13.9. The molecule has 1 fully saturated rings. The van der Waals surface area contributed by atoms with Crippen LogP contribution in [0.2, 0.25) is 5.02 Å². The van der Waals surface area contributed by atoms with Crippen molar-refractivity contribution in [3.05, 3.63) is 53.1 Å². The highest BCUT2D eigenvalue weighted by Crippen LogP contribution is 2.31. The van der Waals surface area contributed by atoms with Gasteiger partial charge in [0.15, 0.2) is 10.9 Å². The molecule has 1 saturated heterocycles. The molecule has 2 aromatic carbocycles. The standard InChI is InChI=1S/C21H20ClF2N3OS2/c22-14-3-5-16(6-4-14)29-11-1-2-19(28)26-7-9-27(10-8-26)21-25-20-17(24)12-15(23)13-18(20)30-21/h3-6,12-13H,1-2,7-11H2. The fourth-order valence-corrected chi connectivity index (χ4v) is 5.37. The third kappa shape index (κ3) is 5.04. The minimum Gasteiger partial charge on any atom is -0.345 e. The highest BCUT2D eigenvalue weighted by molar-refractivity contribution is 7.99. The first-order valence-corrected chi connectivity index (χ1v) is 11.8. The molecule has 1 aliphatic rings. The van der Waals surface area contributed by atoms with Crippen molar-refractivity contribution >= 4 is 56.0 Å². The van der Waals surface area contributed by atoms with E-state index in [2.05, 4.69) is 4.98 Å². The Morgan fingerprint density at radius 3 is 2.60 bits per heavy atom. The van der Waals surface area contributed by atoms with E-state index >= 15 is 0 Å². The van der Waals surface area contributed by atoms with E-state index in [1.807, 2.05) is 34.1 Å². The monoisotopic (exact) mass is 467 g/mol. The van der Waals surface area contributed by atoms with Crippen LogP contribution < -0.4 is 4.90 Å². The average Bonchev–Trinajstić information content (AvgIpc) is 3.17. The number of hydrogen-bond donors (Lipinski definition) is 0. The Morgan fingerprint density at radius 2 is 1.87 bits per heavy atom. The number of hydrogen-bond acceptors (Lipinski definition) is 5. The summed E-state index contributed by atoms with van der Waals surface area (Å²) in [5.41, 5.74) is 0.202. The number of halogens is 3. The predicted molar refractivity (Wildman–Crippen MR) is 120 cm³/mol. The number of carbonyl (C=O) groups is 1. The van der Waals surface area contributed by atoms with Crippen molar-refractivity contribution in [3.63, 3.8) is 0 Å². The molecule has 0 radical (unpaired) electrons. The molecule has 9 heteroatoms. The van der Waals surface area contributed by atoms with Crippen LogP contribution >= 0.6 is 34.7 Å². The van der Waals surface area contributed by atoms with E-state index in [0.29, 0.717) is 42.4 Å². The van der Waals surface area contributed by atoms with Crippen LogP contribution in [0.3, 0.4) is 0 Å². The molecule has 0 atom stereocenters. The number of benzene rings is 2. The van der Waals surface area contributed by atoms with Gasteiger partial charge in [0.25, 0.3) is 0 Å². The van der Waals surface area contributed by atoms with Gasteiger partial charge in [0.1, 0.15) is 11.3 Å². The summed E-state index contributed by atoms with van der Waals surface area (Å²) in [5, 5.41) is 1.39. The van der Waals surface area contributed by atoms with Gasteiger partial charge in [-0.15, -0.1) is 11.8 Å². The van der Waals surface area contributed by atoms with Gasteiger partial charge in [0.2, 0.25) is 5.91 Å². The highest BCUT2D eigenvalue weighted by atomic mass is 35.5. The summed E-state index contributed by atoms with van der Waals surface area (Å²) < 4.78 is 27.8. The Labute approximate surface area is 186 Å². The van der Waals surface area contributed by atoms with Crippen LogP contribution in [0.5, 0.6) is 0 Å². The minimum absolute atomic E-state index is 0.156. The summed E-state index contributed by atoms with van der Waals surface area (Å²) in [5.74, 6) is -0.206. The van der Waals surface area contributed by atoms with Gasteiger partial charge in [0, 0.05) is 48.6 Å². The van der Waals surface area contributed by atoms with Crippen LogP contribution in [0.25, 0.3) is 10.2 Å². The fraction of sp³-hybridized carbons (Fsp3) is 0.333. The Balaban J connectivity index is 1.24. The molecular formula is C21H20ClF2N3OS2. The van der Waals surface area contributed by atoms with Crippen molar-refractivity contribution in [1.29, 1.82) is 0 Å². The molecule has 0 N–H and O–H groups in total. The normalized spacial score (nSPS) is 14.5. The van der Waals surface area contributed by atoms with Gasteiger partial charge in [-0.1, -0.05) is 22.9 Å². The largest absolute Gasteiger partial charge is 0.345 e. The Kier molecular flexibility index (Phi) is 6.75. The number of carbonyl (C=O) groups excluding carboxylic acids is 1. The van der Waals surface area contributed by atoms with E-state index in [-0.39, 0.29) is 11.4 Å². The molecule has 0 aliphatic carbocycles. The summed E-state index contributed by atoms with van der Waals surface area (Å²) >= 11 is 8.88. The summed E-state index contributed by atoms with van der Waals surface area (Å²) in [7, 11) is 0. The summed E-state index contributed by atoms with van der Waals surface area (Å²) in [6.45, 7) is 2.48. The Bertz CT molecular complexity index is 1040. The topological polar surface area (TPSA) is 36.4 Å². The molecule has 4 rings (SSSR count). The first kappa shape index (κ1) is 21.3. The molecule has 158 valence electrons. The molecule has 0 saturated carbocycles. The molecule has 0 unspecified atom stereocenters. The lowest BCUT2D eigenvalue weighted by Gasteiger charge is -2.34. The van der Waals surface area contributed by atoms with Gasteiger partial charge >= 0.3 is 0 Å². The summed E-state index contributed by atoms with van der Waals surface area (Å²) in [6, 6.07) is 9.86. The maximum Gasteiger partial charge on any atom is 0.222 e. The zero-order valence-corrected chi connectivity index (χ0v) is 18.5. The van der Waals surface area contributed by atoms with Crippen LogP contribution in [-0.2, 0) is 4.79 Å². The lowest BCUT2D eigenvalue weighted by molar-refractivity contribution is -0.131. The molecule has 1 amide bonds. The zero-order valence-electron chi connectivity index (χ0n) is 16.1. The van der Waals surface area contributed by atoms with Crippen LogP contribution in [0.15, 0.2) is 41.3 Å². The first-order valence-electron chi connectivity index (χ1n) is 9.66. The summed E-state index contributed by atoms with van der Waals surface area (Å²) in [4.78, 5) is 21.9. The predicted octanol–water partition coefficient (Wildman–Crippen LogP) is 5.45. The number of fused-ring (bicyclic) bond motifs is 1. The molecule has 1 aliphatic heterocycles. The average molecular weight is 468 g/mol. The molecule has 0 spiro atoms. The number of nitrogens with zero attached hydrogens (tertiary/aromatic N) is 3. The van der Waals surface area contributed by atoms with Gasteiger partial charge in [-0.2, -0.15) is 0 Å². The highest BCUT2D eigenvalue weighted by Gasteiger charge is 2.23. The molecule has 0 bridgehead atoms. The van der Waals surface area contributed by atoms with E-state index < -0.39 is 11.6 Å². The van der Waals surface area contributed by atoms with Crippen molar-refractivity contribution < 1.29 is 13.6 Å². The second-order valence-electron chi connectivity index (χ2n) is 7.00. The van der Waals surface area contributed by atoms with Crippen molar-refractivity contribution in [2.75, 3.05) is 36.8 Å². The van der Waals surface area contributed by atoms with Crippen LogP contribution in [-0.4, -0.2) is 47.7 Å². The molecule has 30 heavy (non-hydrogen) atoms. The van der Waals surface area contributed by atoms with E-state index in [1.165, 1.54) is 17.4 Å². The number of piperazine rings is 1. The Hall–Kier alpha value is -1.90. The van der Waals surface area contributed by atoms with Gasteiger partial charge in [-0.05, 0) is 42.5 Å². The third-order valence-electron chi connectivity index (χ3n) is 4.92. The lowest BCUT2D eigenvalue weighted by atomic mass is 10.2. The second-order valence-corrected chi connectivity index (χ2v) is 9.62. The van der Waals surface area contributed by atoms with Gasteiger partial charge in [-0.3, -0.25) is 4.79 Å². The maximum absolute atomic E-state index is 13.9. The molecule has 3 aromatic rings. The van der Waals surface area contributed by atoms with Crippen LogP contribution in [0.4, 0.5) is 13.9 Å². The van der Waals surface area contributed by atoms with Crippen LogP contribution in [0, 0.1) is 11.6 Å². The SMILES string of the molecule is O=C(CCCSc1ccc(Cl)cc1)N1CCN(c2nc3c(F)cc(F)cc3s2)CC1. The number of thioether (sulfide) groups is 1. The molecule has 2 heterocycles. The quantitative estimate of drug-likeness (QED) is 0.357. The minimum atomic E-state index is -0.641. The number of rotatable bonds is 6. The molecular weight excluding hydrogens is 448 g/mol. The third-order valence-corrected chi connectivity index (χ3v) is 7.34. The smallest absolute Gasteiger partial charge is 0.222 e. The van der Waals surface area contributed by atoms with E-state index in [1.54, 1.807) is 11.8 Å². The molecule has 4 nitrogen and oxygen atoms in total. The number of thiazole rings is 1. The number of aromatic nitrogens is 1. The van der Waals surface area contributed by atoms with Gasteiger partial charge < -0.3 is 9.80 Å². The number of amides is 1. The van der Waals surface area contributed by atoms with Gasteiger partial charge in [0.05, 0.1) is 4.70 Å². The zero-order chi connectivity index (χ0) is 21.1. The van der Waals surface area contributed by atoms with Crippen molar-refractivity contribution in [2.24, 2.45) is 0 Å². The number of anilines is 1. The van der Waals surface area contributed by atoms with Crippen molar-refractivity contribution in [2.45, 2.75) is 17.7 Å². The van der Waals surface area contributed by atoms with Crippen molar-refractivity contribution in [1.82, 2.24) is 9.88 Å². The lowest BCUT2D eigenvalue weighted by Crippen LogP contribution is -2.48. The fourth-order valence-electron chi connectivity index (χ4n) is 3.33. The van der Waals surface area contributed by atoms with E-state index in [4.69, 9.17) is 11.6 Å². The van der Waals surface area contributed by atoms with E-state index in [9.17, 15) is 13.6 Å². The van der Waals surface area contributed by atoms with Crippen molar-refractivity contribution in [3.8, 4) is 0 Å². The Morgan fingerprint density at radius 1 is 1.13 bits per heavy atom.